The average Bonchev–Trinajstić information content (AvgIpc) is 2.43. The Kier molecular flexibility index (Phi) is 4.24. The Bertz CT molecular complexity index is 748. The number of aryl methyl sites for hydroxylation is 1. The number of nitrogen functional groups attached to an aromatic ring is 1. The Balaban J connectivity index is 2.33. The van der Waals surface area contributed by atoms with Crippen molar-refractivity contribution < 1.29 is 12.8 Å². The quantitative estimate of drug-likeness (QED) is 0.847. The van der Waals surface area contributed by atoms with Crippen LogP contribution in [0, 0.1) is 12.7 Å². The van der Waals surface area contributed by atoms with Gasteiger partial charge in [-0.05, 0) is 43.2 Å². The number of halogens is 1. The van der Waals surface area contributed by atoms with E-state index in [4.69, 9.17) is 5.73 Å². The van der Waals surface area contributed by atoms with Crippen molar-refractivity contribution in [2.45, 2.75) is 24.8 Å². The van der Waals surface area contributed by atoms with Crippen molar-refractivity contribution in [1.29, 1.82) is 0 Å². The molecule has 0 bridgehead atoms. The van der Waals surface area contributed by atoms with Crippen LogP contribution in [0.2, 0.25) is 0 Å². The molecule has 0 spiro atoms. The number of nitrogens with two attached hydrogens (primary N) is 1. The largest absolute Gasteiger partial charge is 0.398 e. The predicted molar refractivity (Wildman–Crippen MR) is 78.5 cm³/mol. The summed E-state index contributed by atoms with van der Waals surface area (Å²) < 4.78 is 40.9. The number of nitrogens with zero attached hydrogens (tertiary/aromatic N) is 1. The third-order valence-electron chi connectivity index (χ3n) is 3.13. The number of rotatable bonds is 4. The molecule has 1 heterocycles. The number of pyridine rings is 1. The molecule has 0 saturated carbocycles. The van der Waals surface area contributed by atoms with Crippen molar-refractivity contribution in [2.24, 2.45) is 0 Å². The zero-order valence-corrected chi connectivity index (χ0v) is 12.5. The zero-order chi connectivity index (χ0) is 15.6. The van der Waals surface area contributed by atoms with Gasteiger partial charge in [-0.25, -0.2) is 17.5 Å². The Morgan fingerprint density at radius 1 is 1.38 bits per heavy atom. The highest BCUT2D eigenvalue weighted by Crippen LogP contribution is 2.23. The van der Waals surface area contributed by atoms with E-state index in [2.05, 4.69) is 9.71 Å². The standard InChI is InChI=1S/C14H16FN3O2S/c1-9-6-12(15)14(7-13(9)16)21(19,20)18-10(2)11-4-3-5-17-8-11/h3-8,10,18H,16H2,1-2H3. The molecule has 0 aliphatic rings. The van der Waals surface area contributed by atoms with Gasteiger partial charge in [0.05, 0.1) is 0 Å². The van der Waals surface area contributed by atoms with Crippen LogP contribution in [0.15, 0.2) is 41.6 Å². The lowest BCUT2D eigenvalue weighted by molar-refractivity contribution is 0.546. The molecule has 1 atom stereocenters. The molecule has 112 valence electrons. The Morgan fingerprint density at radius 3 is 2.71 bits per heavy atom. The molecule has 0 fully saturated rings. The minimum Gasteiger partial charge on any atom is -0.398 e. The SMILES string of the molecule is Cc1cc(F)c(S(=O)(=O)NC(C)c2cccnc2)cc1N. The predicted octanol–water partition coefficient (Wildman–Crippen LogP) is 2.15. The number of anilines is 1. The van der Waals surface area contributed by atoms with Crippen LogP contribution in [-0.2, 0) is 10.0 Å². The second-order valence-corrected chi connectivity index (χ2v) is 6.45. The van der Waals surface area contributed by atoms with Crippen molar-refractivity contribution in [2.75, 3.05) is 5.73 Å². The van der Waals surface area contributed by atoms with Crippen molar-refractivity contribution in [3.05, 3.63) is 53.6 Å². The van der Waals surface area contributed by atoms with Crippen molar-refractivity contribution >= 4 is 15.7 Å². The number of hydrogen-bond acceptors (Lipinski definition) is 4. The van der Waals surface area contributed by atoms with Crippen LogP contribution in [0.25, 0.3) is 0 Å². The van der Waals surface area contributed by atoms with E-state index in [1.165, 1.54) is 0 Å². The van der Waals surface area contributed by atoms with E-state index < -0.39 is 26.8 Å². The smallest absolute Gasteiger partial charge is 0.244 e. The minimum absolute atomic E-state index is 0.228. The summed E-state index contributed by atoms with van der Waals surface area (Å²) in [4.78, 5) is 3.47. The Morgan fingerprint density at radius 2 is 2.10 bits per heavy atom. The van der Waals surface area contributed by atoms with Gasteiger partial charge in [0.15, 0.2) is 0 Å². The van der Waals surface area contributed by atoms with Crippen LogP contribution in [0.1, 0.15) is 24.1 Å². The summed E-state index contributed by atoms with van der Waals surface area (Å²) in [6.45, 7) is 3.27. The minimum atomic E-state index is -4.01. The second kappa shape index (κ2) is 5.79. The van der Waals surface area contributed by atoms with Crippen LogP contribution in [0.4, 0.5) is 10.1 Å². The third-order valence-corrected chi connectivity index (χ3v) is 4.68. The molecule has 1 unspecified atom stereocenters. The maximum absolute atomic E-state index is 13.9. The fraction of sp³-hybridized carbons (Fsp3) is 0.214. The third kappa shape index (κ3) is 3.37. The molecule has 2 rings (SSSR count). The Labute approximate surface area is 123 Å². The van der Waals surface area contributed by atoms with Gasteiger partial charge < -0.3 is 5.73 Å². The van der Waals surface area contributed by atoms with Crippen LogP contribution < -0.4 is 10.5 Å². The van der Waals surface area contributed by atoms with Crippen LogP contribution >= 0.6 is 0 Å². The summed E-state index contributed by atoms with van der Waals surface area (Å²) >= 11 is 0. The molecule has 0 saturated heterocycles. The normalized spacial score (nSPS) is 13.1. The molecule has 5 nitrogen and oxygen atoms in total. The number of aromatic nitrogens is 1. The lowest BCUT2D eigenvalue weighted by Crippen LogP contribution is -2.28. The van der Waals surface area contributed by atoms with E-state index >= 15 is 0 Å². The van der Waals surface area contributed by atoms with E-state index in [0.717, 1.165) is 12.1 Å². The lowest BCUT2D eigenvalue weighted by atomic mass is 10.2. The highest BCUT2D eigenvalue weighted by atomic mass is 32.2. The van der Waals surface area contributed by atoms with Gasteiger partial charge in [-0.15, -0.1) is 0 Å². The van der Waals surface area contributed by atoms with Gasteiger partial charge in [0.2, 0.25) is 10.0 Å². The van der Waals surface area contributed by atoms with Crippen LogP contribution in [-0.4, -0.2) is 13.4 Å². The first-order valence-corrected chi connectivity index (χ1v) is 7.77. The van der Waals surface area contributed by atoms with Crippen molar-refractivity contribution in [1.82, 2.24) is 9.71 Å². The molecule has 3 N–H and O–H groups in total. The topological polar surface area (TPSA) is 85.1 Å². The maximum Gasteiger partial charge on any atom is 0.244 e. The molecule has 1 aromatic heterocycles. The molecular weight excluding hydrogens is 293 g/mol. The summed E-state index contributed by atoms with van der Waals surface area (Å²) in [7, 11) is -4.01. The highest BCUT2D eigenvalue weighted by molar-refractivity contribution is 7.89. The summed E-state index contributed by atoms with van der Waals surface area (Å²) in [5, 5.41) is 0. The maximum atomic E-state index is 13.9. The van der Waals surface area contributed by atoms with Gasteiger partial charge in [0.1, 0.15) is 10.7 Å². The van der Waals surface area contributed by atoms with Crippen LogP contribution in [0.3, 0.4) is 0 Å². The fourth-order valence-electron chi connectivity index (χ4n) is 1.87. The molecule has 1 aromatic carbocycles. The number of sulfonamides is 1. The molecule has 7 heteroatoms. The van der Waals surface area contributed by atoms with E-state index in [0.29, 0.717) is 11.1 Å². The summed E-state index contributed by atoms with van der Waals surface area (Å²) in [5.74, 6) is -0.826. The molecule has 0 aliphatic heterocycles. The summed E-state index contributed by atoms with van der Waals surface area (Å²) in [6, 6.07) is 5.14. The number of benzene rings is 1. The number of nitrogens with one attached hydrogen (secondary N) is 1. The van der Waals surface area contributed by atoms with E-state index in [-0.39, 0.29) is 5.69 Å². The summed E-state index contributed by atoms with van der Waals surface area (Å²) in [6.07, 6.45) is 3.14. The fourth-order valence-corrected chi connectivity index (χ4v) is 3.20. The van der Waals surface area contributed by atoms with E-state index in [1.54, 1.807) is 38.4 Å². The first-order chi connectivity index (χ1) is 9.81. The van der Waals surface area contributed by atoms with Gasteiger partial charge in [0.25, 0.3) is 0 Å². The van der Waals surface area contributed by atoms with Gasteiger partial charge in [-0.3, -0.25) is 4.98 Å². The first-order valence-electron chi connectivity index (χ1n) is 6.29. The van der Waals surface area contributed by atoms with Gasteiger partial charge in [-0.1, -0.05) is 6.07 Å². The molecular formula is C14H16FN3O2S. The molecule has 21 heavy (non-hydrogen) atoms. The van der Waals surface area contributed by atoms with Gasteiger partial charge in [-0.2, -0.15) is 0 Å². The van der Waals surface area contributed by atoms with Gasteiger partial charge >= 0.3 is 0 Å². The average molecular weight is 309 g/mol. The number of hydrogen-bond donors (Lipinski definition) is 2. The van der Waals surface area contributed by atoms with E-state index in [1.807, 2.05) is 0 Å². The molecule has 2 aromatic rings. The summed E-state index contributed by atoms with van der Waals surface area (Å²) in [5.41, 5.74) is 7.06. The molecule has 0 radical (unpaired) electrons. The first kappa shape index (κ1) is 15.4. The Hall–Kier alpha value is -1.99. The van der Waals surface area contributed by atoms with E-state index in [9.17, 15) is 12.8 Å². The lowest BCUT2D eigenvalue weighted by Gasteiger charge is -2.15. The van der Waals surface area contributed by atoms with Crippen LogP contribution in [0.5, 0.6) is 0 Å². The monoisotopic (exact) mass is 309 g/mol. The molecule has 0 amide bonds. The van der Waals surface area contributed by atoms with Crippen molar-refractivity contribution in [3.63, 3.8) is 0 Å². The highest BCUT2D eigenvalue weighted by Gasteiger charge is 2.23. The second-order valence-electron chi connectivity index (χ2n) is 4.77. The van der Waals surface area contributed by atoms with Crippen molar-refractivity contribution in [3.8, 4) is 0 Å². The molecule has 0 aliphatic carbocycles. The zero-order valence-electron chi connectivity index (χ0n) is 11.7. The van der Waals surface area contributed by atoms with Gasteiger partial charge in [0, 0.05) is 24.1 Å².